The van der Waals surface area contributed by atoms with Crippen LogP contribution >= 0.6 is 0 Å². The molecule has 1 aromatic heterocycles. The number of hydrogen-bond donors (Lipinski definition) is 0. The number of nitriles is 1. The van der Waals surface area contributed by atoms with Gasteiger partial charge >= 0.3 is 49.4 Å². The first-order chi connectivity index (χ1) is 34.1. The number of aromatic nitrogens is 1. The number of benzene rings is 5. The van der Waals surface area contributed by atoms with Crippen LogP contribution in [0, 0.1) is 11.3 Å². The Morgan fingerprint density at radius 2 is 0.627 bits per heavy atom. The molecule has 0 aliphatic heterocycles. The molecule has 0 atom stereocenters. The zero-order chi connectivity index (χ0) is 56.7. The number of alkyl halides is 24. The molecule has 6 rings (SSSR count). The van der Waals surface area contributed by atoms with Crippen molar-refractivity contribution in [3.63, 3.8) is 0 Å². The average Bonchev–Trinajstić information content (AvgIpc) is 3.27. The fourth-order valence-electron chi connectivity index (χ4n) is 7.79. The van der Waals surface area contributed by atoms with Crippen LogP contribution in [0.4, 0.5) is 105 Å². The predicted molar refractivity (Wildman–Crippen MR) is 217 cm³/mol. The van der Waals surface area contributed by atoms with Gasteiger partial charge in [-0.25, -0.2) is 4.57 Å². The fourth-order valence-corrected chi connectivity index (χ4v) is 7.79. The van der Waals surface area contributed by atoms with Crippen molar-refractivity contribution in [1.29, 1.82) is 5.26 Å². The predicted octanol–water partition coefficient (Wildman–Crippen LogP) is 13.3. The van der Waals surface area contributed by atoms with Crippen LogP contribution in [0.2, 0.25) is 0 Å². The van der Waals surface area contributed by atoms with E-state index in [1.807, 2.05) is 41.2 Å². The molecule has 400 valence electrons. The third-order valence-electron chi connectivity index (χ3n) is 11.1. The van der Waals surface area contributed by atoms with E-state index in [2.05, 4.69) is 12.1 Å². The van der Waals surface area contributed by atoms with E-state index in [-0.39, 0.29) is 12.2 Å². The Labute approximate surface area is 405 Å². The zero-order valence-electron chi connectivity index (χ0n) is 36.5. The minimum atomic E-state index is -6.13. The Bertz CT molecular complexity index is 2630. The summed E-state index contributed by atoms with van der Waals surface area (Å²) < 4.78 is 343. The summed E-state index contributed by atoms with van der Waals surface area (Å²) >= 11 is 0. The molecule has 5 aromatic carbocycles. The molecule has 3 nitrogen and oxygen atoms in total. The van der Waals surface area contributed by atoms with E-state index < -0.39 is 195 Å². The largest absolute Gasteiger partial charge is 0.416 e. The Morgan fingerprint density at radius 1 is 0.387 bits per heavy atom. The molecule has 0 spiro atoms. The quantitative estimate of drug-likeness (QED) is 0.0660. The van der Waals surface area contributed by atoms with Crippen molar-refractivity contribution in [2.24, 2.45) is 0 Å². The maximum atomic E-state index is 14.2. The first kappa shape index (κ1) is 58.7. The molecule has 0 saturated heterocycles. The summed E-state index contributed by atoms with van der Waals surface area (Å²) in [7, 11) is 0. The van der Waals surface area contributed by atoms with Gasteiger partial charge < -0.3 is 0 Å². The number of pyridine rings is 1. The summed E-state index contributed by atoms with van der Waals surface area (Å²) in [5.41, 5.74) is -28.4. The van der Waals surface area contributed by atoms with Gasteiger partial charge in [0.2, 0.25) is 0 Å². The van der Waals surface area contributed by atoms with Crippen LogP contribution in [0.15, 0.2) is 128 Å². The van der Waals surface area contributed by atoms with Crippen LogP contribution in [-0.4, -0.2) is 11.9 Å². The summed E-state index contributed by atoms with van der Waals surface area (Å²) in [5.74, 6) is -0.135. The minimum absolute atomic E-state index is 0.0668. The van der Waals surface area contributed by atoms with E-state index in [4.69, 9.17) is 5.26 Å². The molecule has 0 aliphatic carbocycles. The number of halogens is 24. The molecule has 1 heterocycles. The van der Waals surface area contributed by atoms with Crippen molar-refractivity contribution in [2.45, 2.75) is 62.4 Å². The van der Waals surface area contributed by atoms with Gasteiger partial charge in [0.25, 0.3) is 0 Å². The zero-order valence-corrected chi connectivity index (χ0v) is 36.5. The molecule has 75 heavy (non-hydrogen) atoms. The lowest BCUT2D eigenvalue weighted by atomic mass is 9.12. The summed E-state index contributed by atoms with van der Waals surface area (Å²) in [6.07, 6.45) is -51.2. The maximum absolute atomic E-state index is 14.2. The molecule has 0 N–H and O–H groups in total. The Morgan fingerprint density at radius 3 is 0.840 bits per heavy atom. The molecule has 0 aliphatic rings. The molecule has 0 fully saturated rings. The number of hydrogen-bond acceptors (Lipinski definition) is 2. The lowest BCUT2D eigenvalue weighted by Crippen LogP contribution is -2.75. The summed E-state index contributed by atoms with van der Waals surface area (Å²) in [5, 5.41) is 8.47. The number of ketones is 1. The summed E-state index contributed by atoms with van der Waals surface area (Å²) in [6, 6.07) is 6.66. The van der Waals surface area contributed by atoms with Gasteiger partial charge in [0.15, 0.2) is 24.7 Å². The van der Waals surface area contributed by atoms with Gasteiger partial charge in [-0.3, -0.25) is 4.79 Å². The molecule has 0 saturated carbocycles. The Balaban J connectivity index is 0.000000483. The number of Topliss-reactive ketones (excluding diaryl/α,β-unsaturated/α-hetero) is 1. The van der Waals surface area contributed by atoms with Crippen LogP contribution in [0.5, 0.6) is 0 Å². The monoisotopic (exact) mass is 1100 g/mol. The summed E-state index contributed by atoms with van der Waals surface area (Å²) in [4.78, 5) is 11.5. The second kappa shape index (κ2) is 20.5. The Hall–Kier alpha value is -7.21. The summed E-state index contributed by atoms with van der Waals surface area (Å²) in [6.45, 7) is 0.771. The van der Waals surface area contributed by atoms with Gasteiger partial charge in [-0.05, 0) is 24.3 Å². The topological polar surface area (TPSA) is 44.7 Å². The second-order valence-corrected chi connectivity index (χ2v) is 16.2. The van der Waals surface area contributed by atoms with E-state index in [1.165, 1.54) is 5.56 Å². The van der Waals surface area contributed by atoms with Gasteiger partial charge in [-0.1, -0.05) is 78.9 Å². The highest BCUT2D eigenvalue weighted by Crippen LogP contribution is 2.41. The van der Waals surface area contributed by atoms with E-state index in [9.17, 15) is 110 Å². The molecule has 28 heteroatoms. The maximum Gasteiger partial charge on any atom is 0.416 e. The lowest BCUT2D eigenvalue weighted by molar-refractivity contribution is -0.688. The van der Waals surface area contributed by atoms with Crippen molar-refractivity contribution >= 4 is 33.8 Å². The standard InChI is InChI=1S/C32H12BF24.C15H13N2O/c34-25(35,36)13-1-14(26(37,38)39)6-21(5-13)33(22-7-15(27(40,41)42)2-16(8-22)28(43,44)45,23-9-17(29(46,47)48)3-18(10-23)30(49,50)51)24-11-19(31(52,53)54)4-20(12-24)32(55,56)57;16-9-6-15(18)14-7-10-17(11-8-14)12-13-4-2-1-3-5-13/h1-12H;1-5,7-8,10-11H,6,12H2/q-1;+1. The fraction of sp³-hybridized carbons (Fsp3) is 0.213. The van der Waals surface area contributed by atoms with Crippen molar-refractivity contribution in [1.82, 2.24) is 0 Å². The number of rotatable bonds is 8. The van der Waals surface area contributed by atoms with Crippen molar-refractivity contribution < 1.29 is 115 Å². The van der Waals surface area contributed by atoms with E-state index >= 15 is 0 Å². The van der Waals surface area contributed by atoms with Gasteiger partial charge in [0.1, 0.15) is 6.15 Å². The second-order valence-electron chi connectivity index (χ2n) is 16.2. The molecular formula is C47H25BF24N2O. The smallest absolute Gasteiger partial charge is 0.293 e. The van der Waals surface area contributed by atoms with Crippen LogP contribution in [-0.2, 0) is 56.0 Å². The molecule has 6 aromatic rings. The molecule has 0 bridgehead atoms. The lowest BCUT2D eigenvalue weighted by Gasteiger charge is -2.46. The van der Waals surface area contributed by atoms with Crippen LogP contribution in [0.25, 0.3) is 0 Å². The van der Waals surface area contributed by atoms with Gasteiger partial charge in [0, 0.05) is 23.3 Å². The molecular weight excluding hydrogens is 1080 g/mol. The highest BCUT2D eigenvalue weighted by atomic mass is 19.4. The highest BCUT2D eigenvalue weighted by Gasteiger charge is 2.47. The SMILES string of the molecule is FC(F)(F)c1cc([B-](c2cc(C(F)(F)F)cc(C(F)(F)F)c2)(c2cc(C(F)(F)F)cc(C(F)(F)F)c2)c2cc(C(F)(F)F)cc(C(F)(F)F)c2)cc(C(F)(F)F)c1.N#CCC(=O)c1cc[n+](Cc2ccccc2)cc1. The number of nitrogens with zero attached hydrogens (tertiary/aromatic N) is 2. The average molecular weight is 1100 g/mol. The van der Waals surface area contributed by atoms with Crippen molar-refractivity contribution in [2.75, 3.05) is 0 Å². The number of carbonyl (C=O) groups excluding carboxylic acids is 1. The van der Waals surface area contributed by atoms with E-state index in [0.717, 1.165) is 6.54 Å². The highest BCUT2D eigenvalue weighted by molar-refractivity contribution is 7.20. The van der Waals surface area contributed by atoms with Crippen molar-refractivity contribution in [3.05, 3.63) is 183 Å². The third-order valence-corrected chi connectivity index (χ3v) is 11.1. The van der Waals surface area contributed by atoms with Gasteiger partial charge in [0.05, 0.1) is 57.0 Å². The minimum Gasteiger partial charge on any atom is -0.293 e. The van der Waals surface area contributed by atoms with Gasteiger partial charge in [-0.15, -0.1) is 0 Å². The van der Waals surface area contributed by atoms with E-state index in [1.54, 1.807) is 12.1 Å². The van der Waals surface area contributed by atoms with Crippen LogP contribution in [0.3, 0.4) is 0 Å². The number of carbonyl (C=O) groups is 1. The van der Waals surface area contributed by atoms with Crippen LogP contribution in [0.1, 0.15) is 66.8 Å². The van der Waals surface area contributed by atoms with Gasteiger partial charge in [-0.2, -0.15) is 132 Å². The van der Waals surface area contributed by atoms with Crippen LogP contribution < -0.4 is 26.4 Å². The normalized spacial score (nSPS) is 13.2. The molecule has 0 unspecified atom stereocenters. The van der Waals surface area contributed by atoms with Crippen molar-refractivity contribution in [3.8, 4) is 6.07 Å². The Kier molecular flexibility index (Phi) is 16.0. The van der Waals surface area contributed by atoms with E-state index in [0.29, 0.717) is 5.56 Å². The third kappa shape index (κ3) is 13.9. The molecule has 0 radical (unpaired) electrons. The first-order valence-corrected chi connectivity index (χ1v) is 20.3. The molecule has 0 amide bonds. The first-order valence-electron chi connectivity index (χ1n) is 20.3.